The fourth-order valence-electron chi connectivity index (χ4n) is 0.831. The summed E-state index contributed by atoms with van der Waals surface area (Å²) in [6.07, 6.45) is 0. The van der Waals surface area contributed by atoms with Gasteiger partial charge in [-0.2, -0.15) is 0 Å². The van der Waals surface area contributed by atoms with Crippen molar-refractivity contribution in [1.29, 1.82) is 0 Å². The summed E-state index contributed by atoms with van der Waals surface area (Å²) in [4.78, 5) is 10.9. The Bertz CT molecular complexity index is 314. The lowest BCUT2D eigenvalue weighted by molar-refractivity contribution is 0.0597. The van der Waals surface area contributed by atoms with Gasteiger partial charge in [0.05, 0.1) is 7.11 Å². The van der Waals surface area contributed by atoms with Crippen LogP contribution in [-0.4, -0.2) is 18.2 Å². The highest BCUT2D eigenvalue weighted by atomic mass is 35.5. The number of phenols is 1. The van der Waals surface area contributed by atoms with E-state index < -0.39 is 5.97 Å². The normalized spacial score (nSPS) is 8.69. The van der Waals surface area contributed by atoms with Gasteiger partial charge in [0, 0.05) is 11.8 Å². The summed E-state index contributed by atoms with van der Waals surface area (Å²) in [5.41, 5.74) is 5.88. The van der Waals surface area contributed by atoms with Crippen LogP contribution < -0.4 is 5.73 Å². The molecule has 0 fully saturated rings. The smallest absolute Gasteiger partial charge is 0.341 e. The third kappa shape index (κ3) is 2.52. The zero-order valence-electron chi connectivity index (χ0n) is 6.98. The van der Waals surface area contributed by atoms with Crippen LogP contribution in [0.2, 0.25) is 0 Å². The number of rotatable bonds is 1. The zero-order chi connectivity index (χ0) is 9.14. The first-order valence-corrected chi connectivity index (χ1v) is 3.32. The second kappa shape index (κ2) is 4.57. The van der Waals surface area contributed by atoms with E-state index >= 15 is 0 Å². The van der Waals surface area contributed by atoms with Crippen molar-refractivity contribution in [2.24, 2.45) is 0 Å². The number of ether oxygens (including phenoxy) is 1. The molecule has 0 spiro atoms. The Morgan fingerprint density at radius 1 is 1.54 bits per heavy atom. The molecule has 0 aliphatic rings. The van der Waals surface area contributed by atoms with Crippen LogP contribution in [0.1, 0.15) is 10.4 Å². The molecule has 0 saturated heterocycles. The summed E-state index contributed by atoms with van der Waals surface area (Å²) in [6, 6.07) is 4.23. The van der Waals surface area contributed by atoms with E-state index in [0.29, 0.717) is 5.69 Å². The van der Waals surface area contributed by atoms with Crippen molar-refractivity contribution >= 4 is 24.1 Å². The maximum atomic E-state index is 10.9. The van der Waals surface area contributed by atoms with Crippen LogP contribution >= 0.6 is 12.4 Å². The quantitative estimate of drug-likeness (QED) is 0.531. The fourth-order valence-corrected chi connectivity index (χ4v) is 0.831. The van der Waals surface area contributed by atoms with Crippen molar-refractivity contribution in [1.82, 2.24) is 0 Å². The molecule has 0 aromatic heterocycles. The number of hydrogen-bond acceptors (Lipinski definition) is 4. The molecule has 3 N–H and O–H groups in total. The number of benzene rings is 1. The van der Waals surface area contributed by atoms with Gasteiger partial charge in [0.1, 0.15) is 11.3 Å². The summed E-state index contributed by atoms with van der Waals surface area (Å²) in [5, 5.41) is 9.21. The monoisotopic (exact) mass is 203 g/mol. The van der Waals surface area contributed by atoms with Crippen LogP contribution in [0.3, 0.4) is 0 Å². The Labute approximate surface area is 81.7 Å². The van der Waals surface area contributed by atoms with Gasteiger partial charge < -0.3 is 15.6 Å². The number of nitrogen functional groups attached to an aromatic ring is 1. The van der Waals surface area contributed by atoms with Crippen LogP contribution in [0.25, 0.3) is 0 Å². The second-order valence-electron chi connectivity index (χ2n) is 2.27. The molecular formula is C8H10ClNO3. The molecule has 0 aliphatic carbocycles. The molecule has 0 heterocycles. The van der Waals surface area contributed by atoms with E-state index in [4.69, 9.17) is 5.73 Å². The fraction of sp³-hybridized carbons (Fsp3) is 0.125. The predicted molar refractivity (Wildman–Crippen MR) is 51.1 cm³/mol. The van der Waals surface area contributed by atoms with Gasteiger partial charge in [-0.15, -0.1) is 12.4 Å². The number of methoxy groups -OCH3 is 1. The zero-order valence-corrected chi connectivity index (χ0v) is 7.80. The van der Waals surface area contributed by atoms with Gasteiger partial charge >= 0.3 is 5.97 Å². The van der Waals surface area contributed by atoms with Gasteiger partial charge in [-0.05, 0) is 12.1 Å². The summed E-state index contributed by atoms with van der Waals surface area (Å²) in [6.45, 7) is 0. The molecule has 0 saturated carbocycles. The van der Waals surface area contributed by atoms with Gasteiger partial charge in [-0.3, -0.25) is 0 Å². The van der Waals surface area contributed by atoms with Gasteiger partial charge in [-0.1, -0.05) is 0 Å². The standard InChI is InChI=1S/C8H9NO3.ClH/c1-12-8(11)6-3-2-5(9)4-7(6)10;/h2-4,10H,9H2,1H3;1H. The minimum Gasteiger partial charge on any atom is -0.507 e. The number of aromatic hydroxyl groups is 1. The Kier molecular flexibility index (Phi) is 4.07. The molecule has 13 heavy (non-hydrogen) atoms. The van der Waals surface area contributed by atoms with Crippen LogP contribution in [0, 0.1) is 0 Å². The first-order valence-electron chi connectivity index (χ1n) is 3.32. The molecule has 0 radical (unpaired) electrons. The molecule has 0 amide bonds. The molecule has 5 heteroatoms. The SMILES string of the molecule is COC(=O)c1ccc(N)cc1O.Cl. The van der Waals surface area contributed by atoms with Gasteiger partial charge in [0.15, 0.2) is 0 Å². The van der Waals surface area contributed by atoms with E-state index in [9.17, 15) is 9.90 Å². The number of carbonyl (C=O) groups excluding carboxylic acids is 1. The predicted octanol–water partition coefficient (Wildman–Crippen LogP) is 1.18. The minimum atomic E-state index is -0.576. The van der Waals surface area contributed by atoms with E-state index in [-0.39, 0.29) is 23.7 Å². The van der Waals surface area contributed by atoms with Gasteiger partial charge in [-0.25, -0.2) is 4.79 Å². The van der Waals surface area contributed by atoms with Crippen molar-refractivity contribution < 1.29 is 14.6 Å². The first kappa shape index (κ1) is 11.6. The Hall–Kier alpha value is -1.42. The van der Waals surface area contributed by atoms with E-state index in [2.05, 4.69) is 4.74 Å². The lowest BCUT2D eigenvalue weighted by atomic mass is 10.2. The molecular weight excluding hydrogens is 194 g/mol. The van der Waals surface area contributed by atoms with Crippen LogP contribution in [0.15, 0.2) is 18.2 Å². The average Bonchev–Trinajstić information content (AvgIpc) is 2.03. The molecule has 0 atom stereocenters. The van der Waals surface area contributed by atoms with Crippen LogP contribution in [-0.2, 0) is 4.74 Å². The Morgan fingerprint density at radius 2 is 2.15 bits per heavy atom. The van der Waals surface area contributed by atoms with Crippen molar-refractivity contribution in [3.63, 3.8) is 0 Å². The first-order chi connectivity index (χ1) is 5.65. The van der Waals surface area contributed by atoms with Crippen molar-refractivity contribution in [3.8, 4) is 5.75 Å². The Balaban J connectivity index is 0.00000144. The number of esters is 1. The number of anilines is 1. The second-order valence-corrected chi connectivity index (χ2v) is 2.27. The molecule has 0 bridgehead atoms. The third-order valence-corrected chi connectivity index (χ3v) is 1.43. The summed E-state index contributed by atoms with van der Waals surface area (Å²) >= 11 is 0. The molecule has 0 unspecified atom stereocenters. The van der Waals surface area contributed by atoms with E-state index in [1.807, 2.05) is 0 Å². The maximum Gasteiger partial charge on any atom is 0.341 e. The summed E-state index contributed by atoms with van der Waals surface area (Å²) < 4.78 is 4.42. The number of halogens is 1. The van der Waals surface area contributed by atoms with Gasteiger partial charge in [0.25, 0.3) is 0 Å². The summed E-state index contributed by atoms with van der Waals surface area (Å²) in [7, 11) is 1.25. The van der Waals surface area contributed by atoms with E-state index in [1.165, 1.54) is 25.3 Å². The highest BCUT2D eigenvalue weighted by Crippen LogP contribution is 2.20. The number of phenolic OH excluding ortho intramolecular Hbond substituents is 1. The van der Waals surface area contributed by atoms with E-state index in [1.54, 1.807) is 0 Å². The van der Waals surface area contributed by atoms with E-state index in [0.717, 1.165) is 0 Å². The topological polar surface area (TPSA) is 72.5 Å². The van der Waals surface area contributed by atoms with Crippen molar-refractivity contribution in [3.05, 3.63) is 23.8 Å². The van der Waals surface area contributed by atoms with Crippen molar-refractivity contribution in [2.45, 2.75) is 0 Å². The van der Waals surface area contributed by atoms with Crippen LogP contribution in [0.4, 0.5) is 5.69 Å². The molecule has 4 nitrogen and oxygen atoms in total. The number of hydrogen-bond donors (Lipinski definition) is 2. The molecule has 1 rings (SSSR count). The summed E-state index contributed by atoms with van der Waals surface area (Å²) in [5.74, 6) is -0.741. The lowest BCUT2D eigenvalue weighted by Gasteiger charge is -2.02. The largest absolute Gasteiger partial charge is 0.507 e. The lowest BCUT2D eigenvalue weighted by Crippen LogP contribution is -2.01. The highest BCUT2D eigenvalue weighted by molar-refractivity contribution is 5.92. The number of nitrogens with two attached hydrogens (primary N) is 1. The Morgan fingerprint density at radius 3 is 2.62 bits per heavy atom. The average molecular weight is 204 g/mol. The maximum absolute atomic E-state index is 10.9. The highest BCUT2D eigenvalue weighted by Gasteiger charge is 2.10. The molecule has 1 aromatic rings. The van der Waals surface area contributed by atoms with Crippen molar-refractivity contribution in [2.75, 3.05) is 12.8 Å². The van der Waals surface area contributed by atoms with Crippen LogP contribution in [0.5, 0.6) is 5.75 Å². The molecule has 0 aliphatic heterocycles. The van der Waals surface area contributed by atoms with Gasteiger partial charge in [0.2, 0.25) is 0 Å². The third-order valence-electron chi connectivity index (χ3n) is 1.43. The molecule has 72 valence electrons. The minimum absolute atomic E-state index is 0. The number of carbonyl (C=O) groups is 1. The molecule has 1 aromatic carbocycles.